The lowest BCUT2D eigenvalue weighted by atomic mass is 9.87. The summed E-state index contributed by atoms with van der Waals surface area (Å²) in [5, 5.41) is 0. The molecule has 0 aliphatic carbocycles. The maximum absolute atomic E-state index is 13.3. The molecule has 1 aliphatic rings. The van der Waals surface area contributed by atoms with Crippen molar-refractivity contribution in [2.24, 2.45) is 5.92 Å². The molecule has 3 rings (SSSR count). The van der Waals surface area contributed by atoms with Crippen LogP contribution in [0.3, 0.4) is 0 Å². The second-order valence-corrected chi connectivity index (χ2v) is 8.70. The maximum atomic E-state index is 13.3. The zero-order chi connectivity index (χ0) is 21.7. The third-order valence-corrected chi connectivity index (χ3v) is 5.25. The van der Waals surface area contributed by atoms with E-state index in [0.717, 1.165) is 12.0 Å². The Morgan fingerprint density at radius 2 is 1.60 bits per heavy atom. The fourth-order valence-corrected chi connectivity index (χ4v) is 4.15. The van der Waals surface area contributed by atoms with Gasteiger partial charge >= 0.3 is 12.1 Å². The van der Waals surface area contributed by atoms with Crippen molar-refractivity contribution in [2.75, 3.05) is 6.61 Å². The summed E-state index contributed by atoms with van der Waals surface area (Å²) in [5.41, 5.74) is 1.52. The summed E-state index contributed by atoms with van der Waals surface area (Å²) in [6.07, 6.45) is 0.812. The van der Waals surface area contributed by atoms with Crippen LogP contribution in [0.15, 0.2) is 60.7 Å². The van der Waals surface area contributed by atoms with Gasteiger partial charge in [0.25, 0.3) is 0 Å². The maximum Gasteiger partial charge on any atom is 0.411 e. The molecule has 0 saturated carbocycles. The average Bonchev–Trinajstić information content (AvgIpc) is 3.08. The summed E-state index contributed by atoms with van der Waals surface area (Å²) < 4.78 is 11.0. The Morgan fingerprint density at radius 3 is 2.17 bits per heavy atom. The Morgan fingerprint density at radius 1 is 1.00 bits per heavy atom. The normalized spacial score (nSPS) is 21.3. The summed E-state index contributed by atoms with van der Waals surface area (Å²) in [7, 11) is 0. The minimum Gasteiger partial charge on any atom is -0.464 e. The molecule has 5 heteroatoms. The van der Waals surface area contributed by atoms with Crippen LogP contribution in [0, 0.1) is 5.92 Å². The first kappa shape index (κ1) is 21.9. The quantitative estimate of drug-likeness (QED) is 0.640. The molecule has 1 saturated heterocycles. The van der Waals surface area contributed by atoms with Crippen molar-refractivity contribution in [1.82, 2.24) is 4.90 Å². The van der Waals surface area contributed by atoms with Gasteiger partial charge in [-0.05, 0) is 57.6 Å². The van der Waals surface area contributed by atoms with E-state index in [9.17, 15) is 9.59 Å². The van der Waals surface area contributed by atoms with E-state index in [1.807, 2.05) is 69.3 Å². The number of hydrogen-bond acceptors (Lipinski definition) is 4. The van der Waals surface area contributed by atoms with Gasteiger partial charge in [0.1, 0.15) is 11.6 Å². The van der Waals surface area contributed by atoms with Gasteiger partial charge in [-0.3, -0.25) is 4.90 Å². The monoisotopic (exact) mass is 409 g/mol. The number of carbonyl (C=O) groups excluding carboxylic acids is 2. The molecule has 0 spiro atoms. The number of esters is 1. The van der Waals surface area contributed by atoms with Gasteiger partial charge in [0, 0.05) is 0 Å². The standard InChI is InChI=1S/C25H31NO4/c1-5-29-23(27)21-17-20(16-18-12-8-6-9-13-18)22(19-14-10-7-11-15-19)26(21)24(28)30-25(2,3)4/h6-15,20-22H,5,16-17H2,1-4H3/t20-,21-,22+/m0/s1. The van der Waals surface area contributed by atoms with Crippen molar-refractivity contribution in [2.45, 2.75) is 58.2 Å². The van der Waals surface area contributed by atoms with Crippen LogP contribution in [0.4, 0.5) is 4.79 Å². The smallest absolute Gasteiger partial charge is 0.411 e. The molecule has 160 valence electrons. The van der Waals surface area contributed by atoms with Crippen LogP contribution in [0.25, 0.3) is 0 Å². The van der Waals surface area contributed by atoms with Gasteiger partial charge in [0.2, 0.25) is 0 Å². The number of rotatable bonds is 5. The number of ether oxygens (including phenoxy) is 2. The number of hydrogen-bond donors (Lipinski definition) is 0. The zero-order valence-electron chi connectivity index (χ0n) is 18.2. The predicted octanol–water partition coefficient (Wildman–Crippen LogP) is 5.16. The fraction of sp³-hybridized carbons (Fsp3) is 0.440. The Kier molecular flexibility index (Phi) is 6.80. The van der Waals surface area contributed by atoms with E-state index in [1.165, 1.54) is 5.56 Å². The number of nitrogens with zero attached hydrogens (tertiary/aromatic N) is 1. The molecule has 0 aromatic heterocycles. The highest BCUT2D eigenvalue weighted by atomic mass is 16.6. The van der Waals surface area contributed by atoms with E-state index in [1.54, 1.807) is 11.8 Å². The zero-order valence-corrected chi connectivity index (χ0v) is 18.2. The number of likely N-dealkylation sites (tertiary alicyclic amines) is 1. The summed E-state index contributed by atoms with van der Waals surface area (Å²) >= 11 is 0. The number of amides is 1. The van der Waals surface area contributed by atoms with E-state index in [4.69, 9.17) is 9.47 Å². The fourth-order valence-electron chi connectivity index (χ4n) is 4.15. The molecule has 1 amide bonds. The van der Waals surface area contributed by atoms with Crippen molar-refractivity contribution in [3.63, 3.8) is 0 Å². The van der Waals surface area contributed by atoms with E-state index >= 15 is 0 Å². The highest BCUT2D eigenvalue weighted by Crippen LogP contribution is 2.44. The lowest BCUT2D eigenvalue weighted by molar-refractivity contribution is -0.148. The topological polar surface area (TPSA) is 55.8 Å². The van der Waals surface area contributed by atoms with Gasteiger partial charge in [-0.1, -0.05) is 60.7 Å². The van der Waals surface area contributed by atoms with Crippen molar-refractivity contribution < 1.29 is 19.1 Å². The third-order valence-electron chi connectivity index (χ3n) is 5.25. The lowest BCUT2D eigenvalue weighted by Crippen LogP contribution is -2.45. The van der Waals surface area contributed by atoms with Crippen LogP contribution >= 0.6 is 0 Å². The largest absolute Gasteiger partial charge is 0.464 e. The van der Waals surface area contributed by atoms with E-state index < -0.39 is 17.7 Å². The van der Waals surface area contributed by atoms with E-state index in [-0.39, 0.29) is 24.5 Å². The molecule has 0 unspecified atom stereocenters. The Balaban J connectivity index is 2.01. The minimum atomic E-state index is -0.668. The SMILES string of the molecule is CCOC(=O)[C@@H]1C[C@H](Cc2ccccc2)[C@@H](c2ccccc2)N1C(=O)OC(C)(C)C. The molecule has 0 N–H and O–H groups in total. The van der Waals surface area contributed by atoms with Gasteiger partial charge in [0.15, 0.2) is 0 Å². The summed E-state index contributed by atoms with van der Waals surface area (Å²) in [6, 6.07) is 19.1. The molecule has 3 atom stereocenters. The molecular formula is C25H31NO4. The molecule has 1 aliphatic heterocycles. The lowest BCUT2D eigenvalue weighted by Gasteiger charge is -2.33. The Bertz CT molecular complexity index is 844. The van der Waals surface area contributed by atoms with Crippen LogP contribution in [0.1, 0.15) is 51.3 Å². The average molecular weight is 410 g/mol. The van der Waals surface area contributed by atoms with Crippen molar-refractivity contribution in [3.8, 4) is 0 Å². The van der Waals surface area contributed by atoms with Crippen LogP contribution in [-0.4, -0.2) is 35.2 Å². The van der Waals surface area contributed by atoms with Crippen LogP contribution in [0.2, 0.25) is 0 Å². The summed E-state index contributed by atoms with van der Waals surface area (Å²) in [5.74, 6) is -0.309. The molecule has 1 heterocycles. The molecule has 30 heavy (non-hydrogen) atoms. The van der Waals surface area contributed by atoms with Crippen LogP contribution in [-0.2, 0) is 20.7 Å². The number of carbonyl (C=O) groups is 2. The van der Waals surface area contributed by atoms with Gasteiger partial charge in [-0.15, -0.1) is 0 Å². The predicted molar refractivity (Wildman–Crippen MR) is 116 cm³/mol. The second-order valence-electron chi connectivity index (χ2n) is 8.70. The van der Waals surface area contributed by atoms with Gasteiger partial charge in [-0.25, -0.2) is 9.59 Å². The van der Waals surface area contributed by atoms with Crippen LogP contribution < -0.4 is 0 Å². The number of benzene rings is 2. The Hall–Kier alpha value is -2.82. The molecule has 0 radical (unpaired) electrons. The summed E-state index contributed by atoms with van der Waals surface area (Å²) in [4.78, 5) is 27.7. The van der Waals surface area contributed by atoms with E-state index in [2.05, 4.69) is 12.1 Å². The molecule has 0 bridgehead atoms. The summed E-state index contributed by atoms with van der Waals surface area (Å²) in [6.45, 7) is 7.55. The molecule has 2 aromatic rings. The van der Waals surface area contributed by atoms with Gasteiger partial charge in [-0.2, -0.15) is 0 Å². The first-order valence-corrected chi connectivity index (χ1v) is 10.6. The molecular weight excluding hydrogens is 378 g/mol. The first-order valence-electron chi connectivity index (χ1n) is 10.6. The second kappa shape index (κ2) is 9.33. The minimum absolute atomic E-state index is 0.0664. The van der Waals surface area contributed by atoms with E-state index in [0.29, 0.717) is 6.42 Å². The van der Waals surface area contributed by atoms with Crippen LogP contribution in [0.5, 0.6) is 0 Å². The highest BCUT2D eigenvalue weighted by molar-refractivity contribution is 5.83. The van der Waals surface area contributed by atoms with Crippen molar-refractivity contribution in [1.29, 1.82) is 0 Å². The van der Waals surface area contributed by atoms with Gasteiger partial charge < -0.3 is 9.47 Å². The van der Waals surface area contributed by atoms with Crippen molar-refractivity contribution in [3.05, 3.63) is 71.8 Å². The molecule has 2 aromatic carbocycles. The third kappa shape index (κ3) is 5.21. The Labute approximate surface area is 179 Å². The highest BCUT2D eigenvalue weighted by Gasteiger charge is 2.49. The van der Waals surface area contributed by atoms with Crippen molar-refractivity contribution >= 4 is 12.1 Å². The first-order chi connectivity index (χ1) is 14.3. The molecule has 5 nitrogen and oxygen atoms in total. The molecule has 1 fully saturated rings. The van der Waals surface area contributed by atoms with Gasteiger partial charge in [0.05, 0.1) is 12.6 Å².